The fraction of sp³-hybridized carbons (Fsp3) is 0.429. The van der Waals surface area contributed by atoms with Crippen molar-refractivity contribution >= 4 is 17.5 Å². The lowest BCUT2D eigenvalue weighted by Gasteiger charge is -2.14. The Labute approximate surface area is 163 Å². The number of aromatic nitrogens is 1. The zero-order chi connectivity index (χ0) is 19.0. The zero-order valence-electron chi connectivity index (χ0n) is 15.1. The van der Waals surface area contributed by atoms with Crippen molar-refractivity contribution < 1.29 is 13.9 Å². The molecule has 3 atom stereocenters. The number of pyridine rings is 1. The van der Waals surface area contributed by atoms with Gasteiger partial charge in [-0.2, -0.15) is 0 Å². The lowest BCUT2D eigenvalue weighted by Crippen LogP contribution is -2.29. The van der Waals surface area contributed by atoms with E-state index in [9.17, 15) is 9.18 Å². The van der Waals surface area contributed by atoms with E-state index in [-0.39, 0.29) is 29.6 Å². The molecule has 1 amide bonds. The first-order chi connectivity index (χ1) is 13.0. The molecule has 4 nitrogen and oxygen atoms in total. The molecule has 0 aliphatic heterocycles. The topological polar surface area (TPSA) is 51.2 Å². The summed E-state index contributed by atoms with van der Waals surface area (Å²) in [4.78, 5) is 16.9. The molecule has 1 N–H and O–H groups in total. The Morgan fingerprint density at radius 2 is 2.19 bits per heavy atom. The molecule has 2 aromatic rings. The van der Waals surface area contributed by atoms with Gasteiger partial charge in [-0.3, -0.25) is 9.78 Å². The number of halogens is 2. The van der Waals surface area contributed by atoms with E-state index in [1.807, 2.05) is 19.1 Å². The molecule has 2 aliphatic rings. The van der Waals surface area contributed by atoms with Crippen LogP contribution in [0.1, 0.15) is 49.4 Å². The highest BCUT2D eigenvalue weighted by Crippen LogP contribution is 2.50. The minimum Gasteiger partial charge on any atom is -0.492 e. The van der Waals surface area contributed by atoms with E-state index in [0.29, 0.717) is 10.9 Å². The third-order valence-electron chi connectivity index (χ3n) is 5.23. The molecule has 0 saturated heterocycles. The fourth-order valence-corrected chi connectivity index (χ4v) is 3.56. The van der Waals surface area contributed by atoms with Crippen LogP contribution in [0, 0.1) is 17.7 Å². The Kier molecular flexibility index (Phi) is 5.04. The molecule has 27 heavy (non-hydrogen) atoms. The number of rotatable bonds is 7. The van der Waals surface area contributed by atoms with Gasteiger partial charge in [-0.25, -0.2) is 4.39 Å². The molecule has 2 aliphatic carbocycles. The number of ether oxygens (including phenoxy) is 1. The molecule has 2 saturated carbocycles. The highest BCUT2D eigenvalue weighted by molar-refractivity contribution is 6.31. The summed E-state index contributed by atoms with van der Waals surface area (Å²) >= 11 is 6.11. The highest BCUT2D eigenvalue weighted by Gasteiger charge is 2.45. The third kappa shape index (κ3) is 4.41. The lowest BCUT2D eigenvalue weighted by molar-refractivity contribution is -0.123. The Bertz CT molecular complexity index is 839. The number of hydrogen-bond acceptors (Lipinski definition) is 3. The standard InChI is InChI=1S/C21H22ClFN2O2/c1-12(20-7-5-15(10-24-20)27-11-13-2-3-13)25-21(26)18-9-17(18)16-6-4-14(23)8-19(16)22/h4-8,10,12-13,17-18H,2-3,9,11H2,1H3,(H,25,26)/t12?,17-,18+/m0/s1. The minimum absolute atomic E-state index is 0.0243. The predicted octanol–water partition coefficient (Wildman–Crippen LogP) is 4.64. The van der Waals surface area contributed by atoms with Crippen LogP contribution in [0.25, 0.3) is 0 Å². The number of carbonyl (C=O) groups is 1. The minimum atomic E-state index is -0.366. The molecule has 4 rings (SSSR count). The van der Waals surface area contributed by atoms with Crippen molar-refractivity contribution in [3.63, 3.8) is 0 Å². The van der Waals surface area contributed by atoms with Crippen molar-refractivity contribution in [3.8, 4) is 5.75 Å². The number of carbonyl (C=O) groups excluding carboxylic acids is 1. The van der Waals surface area contributed by atoms with Gasteiger partial charge < -0.3 is 10.1 Å². The van der Waals surface area contributed by atoms with Crippen molar-refractivity contribution in [1.29, 1.82) is 0 Å². The summed E-state index contributed by atoms with van der Waals surface area (Å²) in [5.74, 6) is 0.993. The summed E-state index contributed by atoms with van der Waals surface area (Å²) in [5, 5.41) is 3.39. The second-order valence-corrected chi connectivity index (χ2v) is 7.93. The predicted molar refractivity (Wildman–Crippen MR) is 101 cm³/mol. The number of benzene rings is 1. The van der Waals surface area contributed by atoms with E-state index in [2.05, 4.69) is 10.3 Å². The molecule has 142 valence electrons. The van der Waals surface area contributed by atoms with Gasteiger partial charge in [-0.1, -0.05) is 17.7 Å². The van der Waals surface area contributed by atoms with Crippen LogP contribution in [0.5, 0.6) is 5.75 Å². The van der Waals surface area contributed by atoms with Crippen LogP contribution in [0.2, 0.25) is 5.02 Å². The van der Waals surface area contributed by atoms with E-state index in [0.717, 1.165) is 30.0 Å². The first kappa shape index (κ1) is 18.2. The maximum Gasteiger partial charge on any atom is 0.224 e. The average molecular weight is 389 g/mol. The maximum absolute atomic E-state index is 13.2. The van der Waals surface area contributed by atoms with Crippen LogP contribution in [0.15, 0.2) is 36.5 Å². The molecule has 1 aromatic heterocycles. The summed E-state index contributed by atoms with van der Waals surface area (Å²) in [6.07, 6.45) is 4.93. The van der Waals surface area contributed by atoms with Gasteiger partial charge >= 0.3 is 0 Å². The van der Waals surface area contributed by atoms with Gasteiger partial charge in [0.2, 0.25) is 5.91 Å². The number of amides is 1. The van der Waals surface area contributed by atoms with Crippen LogP contribution >= 0.6 is 11.6 Å². The Morgan fingerprint density at radius 3 is 2.85 bits per heavy atom. The largest absolute Gasteiger partial charge is 0.492 e. The fourth-order valence-electron chi connectivity index (χ4n) is 3.26. The summed E-state index contributed by atoms with van der Waals surface area (Å²) in [6, 6.07) is 7.93. The van der Waals surface area contributed by atoms with Crippen molar-refractivity contribution in [3.05, 3.63) is 58.6 Å². The number of hydrogen-bond donors (Lipinski definition) is 1. The van der Waals surface area contributed by atoms with Gasteiger partial charge in [-0.05, 0) is 67.9 Å². The molecule has 2 fully saturated rings. The van der Waals surface area contributed by atoms with Gasteiger partial charge in [0.15, 0.2) is 0 Å². The molecule has 1 aromatic carbocycles. The Hall–Kier alpha value is -2.14. The molecule has 6 heteroatoms. The Morgan fingerprint density at radius 1 is 1.37 bits per heavy atom. The first-order valence-electron chi connectivity index (χ1n) is 9.35. The normalized spacial score (nSPS) is 22.2. The molecular formula is C21H22ClFN2O2. The van der Waals surface area contributed by atoms with E-state index < -0.39 is 0 Å². The summed E-state index contributed by atoms with van der Waals surface area (Å²) in [5.41, 5.74) is 1.63. The van der Waals surface area contributed by atoms with Crippen LogP contribution in [-0.2, 0) is 4.79 Å². The second-order valence-electron chi connectivity index (χ2n) is 7.52. The maximum atomic E-state index is 13.2. The van der Waals surface area contributed by atoms with E-state index >= 15 is 0 Å². The van der Waals surface area contributed by atoms with Gasteiger partial charge in [0, 0.05) is 10.9 Å². The van der Waals surface area contributed by atoms with Crippen molar-refractivity contribution in [2.75, 3.05) is 6.61 Å². The second kappa shape index (κ2) is 7.47. The molecule has 1 heterocycles. The number of nitrogens with one attached hydrogen (secondary N) is 1. The summed E-state index contributed by atoms with van der Waals surface area (Å²) in [7, 11) is 0. The molecular weight excluding hydrogens is 367 g/mol. The van der Waals surface area contributed by atoms with Crippen molar-refractivity contribution in [1.82, 2.24) is 10.3 Å². The zero-order valence-corrected chi connectivity index (χ0v) is 15.9. The van der Waals surface area contributed by atoms with Crippen LogP contribution in [-0.4, -0.2) is 17.5 Å². The average Bonchev–Trinajstić information content (AvgIpc) is 3.54. The Balaban J connectivity index is 1.31. The summed E-state index contributed by atoms with van der Waals surface area (Å²) < 4.78 is 18.9. The summed E-state index contributed by atoms with van der Waals surface area (Å²) in [6.45, 7) is 2.66. The van der Waals surface area contributed by atoms with Gasteiger partial charge in [0.05, 0.1) is 24.5 Å². The first-order valence-corrected chi connectivity index (χ1v) is 9.73. The van der Waals surface area contributed by atoms with Crippen molar-refractivity contribution in [2.45, 2.75) is 38.1 Å². The third-order valence-corrected chi connectivity index (χ3v) is 5.56. The van der Waals surface area contributed by atoms with Crippen LogP contribution in [0.4, 0.5) is 4.39 Å². The quantitative estimate of drug-likeness (QED) is 0.751. The van der Waals surface area contributed by atoms with E-state index in [1.54, 1.807) is 12.3 Å². The highest BCUT2D eigenvalue weighted by atomic mass is 35.5. The molecule has 0 bridgehead atoms. The lowest BCUT2D eigenvalue weighted by atomic mass is 10.1. The van der Waals surface area contributed by atoms with Crippen LogP contribution < -0.4 is 10.1 Å². The van der Waals surface area contributed by atoms with E-state index in [4.69, 9.17) is 16.3 Å². The van der Waals surface area contributed by atoms with Crippen LogP contribution in [0.3, 0.4) is 0 Å². The van der Waals surface area contributed by atoms with Gasteiger partial charge in [-0.15, -0.1) is 0 Å². The van der Waals surface area contributed by atoms with E-state index in [1.165, 1.54) is 25.0 Å². The molecule has 0 spiro atoms. The van der Waals surface area contributed by atoms with Gasteiger partial charge in [0.1, 0.15) is 11.6 Å². The molecule has 1 unspecified atom stereocenters. The van der Waals surface area contributed by atoms with Crippen molar-refractivity contribution in [2.24, 2.45) is 11.8 Å². The monoisotopic (exact) mass is 388 g/mol. The smallest absolute Gasteiger partial charge is 0.224 e. The van der Waals surface area contributed by atoms with Gasteiger partial charge in [0.25, 0.3) is 0 Å². The number of nitrogens with zero attached hydrogens (tertiary/aromatic N) is 1. The SMILES string of the molecule is CC(NC(=O)[C@@H]1C[C@H]1c1ccc(F)cc1Cl)c1ccc(OCC2CC2)cn1. The molecule has 0 radical (unpaired) electrons.